The number of hydrogen-bond donors (Lipinski definition) is 1. The standard InChI is InChI=1S/C29H27FN6O6S2/c1-3-35(16-15-19-5-14-24(44(40)41)17-26(19)30)22-10-6-21(7-11-22)32-34-28-25(29(37)42-4-2)18-27(43-28)33-31-20-8-12-23(13-9-20)36(38)39/h5-14,17-18H,3-4,15-16H2,1-2H3,(H,40,41). The molecule has 0 aliphatic carbocycles. The first-order valence-corrected chi connectivity index (χ1v) is 15.2. The lowest BCUT2D eigenvalue weighted by Gasteiger charge is -2.23. The van der Waals surface area contributed by atoms with Gasteiger partial charge in [0.25, 0.3) is 5.69 Å². The van der Waals surface area contributed by atoms with Gasteiger partial charge in [0.15, 0.2) is 16.1 Å². The van der Waals surface area contributed by atoms with Crippen molar-refractivity contribution in [3.05, 3.63) is 99.9 Å². The van der Waals surface area contributed by atoms with Crippen LogP contribution in [0.1, 0.15) is 29.8 Å². The van der Waals surface area contributed by atoms with Gasteiger partial charge in [-0.2, -0.15) is 0 Å². The molecule has 44 heavy (non-hydrogen) atoms. The highest BCUT2D eigenvalue weighted by Crippen LogP contribution is 2.39. The molecule has 4 aromatic rings. The van der Waals surface area contributed by atoms with Crippen LogP contribution in [0.15, 0.2) is 98.1 Å². The molecule has 0 saturated heterocycles. The topological polar surface area (TPSA) is 159 Å². The zero-order chi connectivity index (χ0) is 31.6. The van der Waals surface area contributed by atoms with E-state index in [0.717, 1.165) is 23.1 Å². The number of benzene rings is 3. The molecule has 1 atom stereocenters. The number of rotatable bonds is 13. The fourth-order valence-corrected chi connectivity index (χ4v) is 5.17. The minimum atomic E-state index is -2.24. The van der Waals surface area contributed by atoms with E-state index in [0.29, 0.717) is 41.4 Å². The Labute approximate surface area is 258 Å². The monoisotopic (exact) mass is 638 g/mol. The zero-order valence-electron chi connectivity index (χ0n) is 23.6. The Balaban J connectivity index is 1.46. The zero-order valence-corrected chi connectivity index (χ0v) is 25.3. The van der Waals surface area contributed by atoms with Crippen molar-refractivity contribution in [2.45, 2.75) is 25.2 Å². The number of halogens is 1. The molecular weight excluding hydrogens is 611 g/mol. The summed E-state index contributed by atoms with van der Waals surface area (Å²) in [6, 6.07) is 18.3. The maximum atomic E-state index is 14.4. The molecular formula is C29H27FN6O6S2. The van der Waals surface area contributed by atoms with Crippen molar-refractivity contribution < 1.29 is 27.6 Å². The molecule has 1 heterocycles. The van der Waals surface area contributed by atoms with Gasteiger partial charge in [-0.15, -0.1) is 20.5 Å². The summed E-state index contributed by atoms with van der Waals surface area (Å²) in [6.45, 7) is 5.02. The fourth-order valence-electron chi connectivity index (χ4n) is 3.99. The number of thiophene rings is 1. The number of carbonyl (C=O) groups excluding carboxylic acids is 1. The summed E-state index contributed by atoms with van der Waals surface area (Å²) in [6.07, 6.45) is 0.401. The van der Waals surface area contributed by atoms with E-state index in [1.54, 1.807) is 19.1 Å². The second-order valence-corrected chi connectivity index (χ2v) is 11.0. The van der Waals surface area contributed by atoms with Gasteiger partial charge in [0, 0.05) is 30.9 Å². The van der Waals surface area contributed by atoms with Crippen molar-refractivity contribution in [1.82, 2.24) is 0 Å². The molecule has 1 aromatic heterocycles. The minimum absolute atomic E-state index is 0.0168. The molecule has 1 unspecified atom stereocenters. The predicted molar refractivity (Wildman–Crippen MR) is 165 cm³/mol. The lowest BCUT2D eigenvalue weighted by Crippen LogP contribution is -2.25. The molecule has 0 saturated carbocycles. The molecule has 12 nitrogen and oxygen atoms in total. The maximum absolute atomic E-state index is 14.4. The first-order chi connectivity index (χ1) is 21.2. The van der Waals surface area contributed by atoms with Crippen molar-refractivity contribution in [3.63, 3.8) is 0 Å². The fraction of sp³-hybridized carbons (Fsp3) is 0.207. The summed E-state index contributed by atoms with van der Waals surface area (Å²) in [5.41, 5.74) is 2.37. The van der Waals surface area contributed by atoms with Crippen molar-refractivity contribution >= 4 is 61.1 Å². The first kappa shape index (κ1) is 32.2. The number of ether oxygens (including phenoxy) is 1. The summed E-state index contributed by atoms with van der Waals surface area (Å²) in [5.74, 6) is -1.11. The van der Waals surface area contributed by atoms with Gasteiger partial charge < -0.3 is 14.2 Å². The van der Waals surface area contributed by atoms with Crippen LogP contribution in [-0.2, 0) is 22.2 Å². The van der Waals surface area contributed by atoms with Crippen molar-refractivity contribution in [3.8, 4) is 0 Å². The van der Waals surface area contributed by atoms with Gasteiger partial charge >= 0.3 is 5.97 Å². The van der Waals surface area contributed by atoms with E-state index in [1.807, 2.05) is 19.1 Å². The van der Waals surface area contributed by atoms with Crippen LogP contribution in [0.5, 0.6) is 0 Å². The Kier molecular flexibility index (Phi) is 11.1. The summed E-state index contributed by atoms with van der Waals surface area (Å²) in [7, 11) is 0. The molecule has 0 amide bonds. The number of azo groups is 2. The predicted octanol–water partition coefficient (Wildman–Crippen LogP) is 8.45. The molecule has 4 rings (SSSR count). The van der Waals surface area contributed by atoms with Crippen LogP contribution in [0.2, 0.25) is 0 Å². The minimum Gasteiger partial charge on any atom is -0.462 e. The number of nitro groups is 1. The van der Waals surface area contributed by atoms with Gasteiger partial charge in [0.1, 0.15) is 16.4 Å². The van der Waals surface area contributed by atoms with Crippen LogP contribution in [0.25, 0.3) is 0 Å². The number of esters is 1. The van der Waals surface area contributed by atoms with E-state index in [-0.39, 0.29) is 27.8 Å². The SMILES string of the molecule is CCOC(=O)c1cc(N=Nc2ccc([N+](=O)[O-])cc2)sc1N=Nc1ccc(N(CC)CCc2ccc(S(=O)O)cc2F)cc1. The Bertz CT molecular complexity index is 1710. The number of nitrogens with zero attached hydrogens (tertiary/aromatic N) is 6. The second kappa shape index (κ2) is 15.1. The molecule has 15 heteroatoms. The highest BCUT2D eigenvalue weighted by atomic mass is 32.2. The van der Waals surface area contributed by atoms with E-state index in [1.165, 1.54) is 42.5 Å². The third kappa shape index (κ3) is 8.43. The van der Waals surface area contributed by atoms with E-state index in [2.05, 4.69) is 25.4 Å². The number of non-ortho nitro benzene ring substituents is 1. The summed E-state index contributed by atoms with van der Waals surface area (Å²) in [5, 5.41) is 28.2. The van der Waals surface area contributed by atoms with E-state index in [9.17, 15) is 23.5 Å². The lowest BCUT2D eigenvalue weighted by molar-refractivity contribution is -0.384. The maximum Gasteiger partial charge on any atom is 0.341 e. The van der Waals surface area contributed by atoms with Crippen LogP contribution >= 0.6 is 11.3 Å². The van der Waals surface area contributed by atoms with E-state index < -0.39 is 27.8 Å². The molecule has 0 radical (unpaired) electrons. The van der Waals surface area contributed by atoms with Crippen molar-refractivity contribution in [2.75, 3.05) is 24.6 Å². The third-order valence-corrected chi connectivity index (χ3v) is 7.81. The smallest absolute Gasteiger partial charge is 0.341 e. The van der Waals surface area contributed by atoms with E-state index >= 15 is 0 Å². The summed E-state index contributed by atoms with van der Waals surface area (Å²) in [4.78, 5) is 25.0. The van der Waals surface area contributed by atoms with Gasteiger partial charge in [-0.05, 0) is 80.4 Å². The lowest BCUT2D eigenvalue weighted by atomic mass is 10.1. The first-order valence-electron chi connectivity index (χ1n) is 13.3. The average Bonchev–Trinajstić information content (AvgIpc) is 3.44. The number of likely N-dealkylation sites (N-methyl/N-ethyl adjacent to an activating group) is 1. The van der Waals surface area contributed by atoms with Crippen LogP contribution in [-0.4, -0.2) is 39.4 Å². The Hall–Kier alpha value is -4.73. The Morgan fingerprint density at radius 3 is 2.25 bits per heavy atom. The third-order valence-electron chi connectivity index (χ3n) is 6.25. The largest absolute Gasteiger partial charge is 0.462 e. The quantitative estimate of drug-likeness (QED) is 0.0505. The molecule has 0 spiro atoms. The highest BCUT2D eigenvalue weighted by molar-refractivity contribution is 7.79. The van der Waals surface area contributed by atoms with Crippen molar-refractivity contribution in [2.24, 2.45) is 20.5 Å². The average molecular weight is 639 g/mol. The Morgan fingerprint density at radius 2 is 1.66 bits per heavy atom. The molecule has 0 fully saturated rings. The normalized spacial score (nSPS) is 12.1. The van der Waals surface area contributed by atoms with Crippen LogP contribution in [0.3, 0.4) is 0 Å². The molecule has 0 bridgehead atoms. The highest BCUT2D eigenvalue weighted by Gasteiger charge is 2.18. The molecule has 0 aliphatic rings. The molecule has 1 N–H and O–H groups in total. The van der Waals surface area contributed by atoms with Crippen molar-refractivity contribution in [1.29, 1.82) is 0 Å². The van der Waals surface area contributed by atoms with Crippen LogP contribution < -0.4 is 4.90 Å². The Morgan fingerprint density at radius 1 is 1.00 bits per heavy atom. The molecule has 228 valence electrons. The summed E-state index contributed by atoms with van der Waals surface area (Å²) < 4.78 is 39.8. The molecule has 3 aromatic carbocycles. The number of anilines is 1. The van der Waals surface area contributed by atoms with Gasteiger partial charge in [0.2, 0.25) is 0 Å². The molecule has 0 aliphatic heterocycles. The van der Waals surface area contributed by atoms with Crippen LogP contribution in [0.4, 0.5) is 37.1 Å². The van der Waals surface area contributed by atoms with Gasteiger partial charge in [0.05, 0.1) is 27.8 Å². The number of nitro benzene ring substituents is 1. The van der Waals surface area contributed by atoms with E-state index in [4.69, 9.17) is 9.29 Å². The van der Waals surface area contributed by atoms with Crippen LogP contribution in [0, 0.1) is 15.9 Å². The summed E-state index contributed by atoms with van der Waals surface area (Å²) >= 11 is -1.16. The number of carbonyl (C=O) groups is 1. The second-order valence-electron chi connectivity index (χ2n) is 9.05. The number of hydrogen-bond acceptors (Lipinski definition) is 11. The van der Waals surface area contributed by atoms with Gasteiger partial charge in [-0.25, -0.2) is 13.4 Å². The van der Waals surface area contributed by atoms with Gasteiger partial charge in [-0.3, -0.25) is 10.1 Å². The van der Waals surface area contributed by atoms with Gasteiger partial charge in [-0.1, -0.05) is 17.4 Å².